The van der Waals surface area contributed by atoms with E-state index in [1.54, 1.807) is 42.5 Å². The average molecular weight is 269 g/mol. The second-order valence-electron chi connectivity index (χ2n) is 3.53. The van der Waals surface area contributed by atoms with E-state index in [1.165, 1.54) is 0 Å². The van der Waals surface area contributed by atoms with Gasteiger partial charge in [0.05, 0.1) is 5.02 Å². The lowest BCUT2D eigenvalue weighted by molar-refractivity contribution is 0.305. The molecule has 0 saturated heterocycles. The third kappa shape index (κ3) is 3.29. The molecule has 0 unspecified atom stereocenters. The highest BCUT2D eigenvalue weighted by atomic mass is 35.5. The average Bonchev–Trinajstić information content (AvgIpc) is 2.33. The summed E-state index contributed by atoms with van der Waals surface area (Å²) in [6, 6.07) is 12.1. The van der Waals surface area contributed by atoms with Crippen LogP contribution < -0.4 is 4.74 Å². The van der Waals surface area contributed by atoms with Gasteiger partial charge in [-0.3, -0.25) is 0 Å². The Morgan fingerprint density at radius 3 is 2.35 bits per heavy atom. The Balaban J connectivity index is 2.02. The zero-order chi connectivity index (χ0) is 12.3. The first kappa shape index (κ1) is 12.1. The molecule has 0 atom stereocenters. The molecule has 0 aliphatic carbocycles. The summed E-state index contributed by atoms with van der Waals surface area (Å²) in [4.78, 5) is 0. The molecule has 1 N–H and O–H groups in total. The summed E-state index contributed by atoms with van der Waals surface area (Å²) in [5.74, 6) is 0.785. The molecule has 88 valence electrons. The molecule has 2 nitrogen and oxygen atoms in total. The molecule has 2 aromatic rings. The molecular formula is C13H10Cl2O2. The molecule has 2 rings (SSSR count). The predicted molar refractivity (Wildman–Crippen MR) is 68.9 cm³/mol. The maximum atomic E-state index is 9.43. The quantitative estimate of drug-likeness (QED) is 0.901. The topological polar surface area (TPSA) is 29.5 Å². The van der Waals surface area contributed by atoms with Gasteiger partial charge in [-0.25, -0.2) is 0 Å². The molecule has 0 radical (unpaired) electrons. The van der Waals surface area contributed by atoms with Gasteiger partial charge >= 0.3 is 0 Å². The molecule has 2 aromatic carbocycles. The van der Waals surface area contributed by atoms with Gasteiger partial charge in [0, 0.05) is 5.02 Å². The molecular weight excluding hydrogens is 259 g/mol. The van der Waals surface area contributed by atoms with Crippen LogP contribution in [0.5, 0.6) is 11.5 Å². The predicted octanol–water partition coefficient (Wildman–Crippen LogP) is 4.28. The van der Waals surface area contributed by atoms with Crippen LogP contribution in [-0.2, 0) is 6.61 Å². The Bertz CT molecular complexity index is 509. The van der Waals surface area contributed by atoms with Crippen LogP contribution in [0.3, 0.4) is 0 Å². The zero-order valence-corrected chi connectivity index (χ0v) is 10.4. The number of hydrogen-bond donors (Lipinski definition) is 1. The SMILES string of the molecule is Oc1cc(COc2ccc(Cl)cc2)ccc1Cl. The fourth-order valence-electron chi connectivity index (χ4n) is 1.35. The number of phenolic OH excluding ortho intramolecular Hbond substituents is 1. The van der Waals surface area contributed by atoms with Crippen molar-refractivity contribution >= 4 is 23.2 Å². The van der Waals surface area contributed by atoms with Crippen molar-refractivity contribution in [1.29, 1.82) is 0 Å². The van der Waals surface area contributed by atoms with E-state index >= 15 is 0 Å². The number of halogens is 2. The monoisotopic (exact) mass is 268 g/mol. The lowest BCUT2D eigenvalue weighted by atomic mass is 10.2. The Labute approximate surface area is 109 Å². The Morgan fingerprint density at radius 1 is 1.00 bits per heavy atom. The van der Waals surface area contributed by atoms with E-state index in [2.05, 4.69) is 0 Å². The van der Waals surface area contributed by atoms with E-state index in [0.717, 1.165) is 11.3 Å². The normalized spacial score (nSPS) is 10.2. The lowest BCUT2D eigenvalue weighted by Crippen LogP contribution is -1.94. The van der Waals surface area contributed by atoms with Gasteiger partial charge in [-0.05, 0) is 42.0 Å². The van der Waals surface area contributed by atoms with E-state index < -0.39 is 0 Å². The minimum atomic E-state index is 0.0591. The van der Waals surface area contributed by atoms with Crippen molar-refractivity contribution in [2.45, 2.75) is 6.61 Å². The Hall–Kier alpha value is -1.38. The fourth-order valence-corrected chi connectivity index (χ4v) is 1.59. The molecule has 0 aromatic heterocycles. The van der Waals surface area contributed by atoms with Gasteiger partial charge in [0.15, 0.2) is 0 Å². The van der Waals surface area contributed by atoms with E-state index in [-0.39, 0.29) is 5.75 Å². The molecule has 0 saturated carbocycles. The number of ether oxygens (including phenoxy) is 1. The Kier molecular flexibility index (Phi) is 3.77. The van der Waals surface area contributed by atoms with Crippen molar-refractivity contribution in [2.24, 2.45) is 0 Å². The van der Waals surface area contributed by atoms with Crippen molar-refractivity contribution in [3.63, 3.8) is 0 Å². The summed E-state index contributed by atoms with van der Waals surface area (Å²) >= 11 is 11.5. The third-order valence-corrected chi connectivity index (χ3v) is 2.80. The van der Waals surface area contributed by atoms with E-state index in [4.69, 9.17) is 27.9 Å². The van der Waals surface area contributed by atoms with Gasteiger partial charge < -0.3 is 9.84 Å². The first-order valence-electron chi connectivity index (χ1n) is 5.01. The van der Waals surface area contributed by atoms with E-state index in [0.29, 0.717) is 16.7 Å². The molecule has 0 fully saturated rings. The molecule has 0 amide bonds. The highest BCUT2D eigenvalue weighted by Gasteiger charge is 2.01. The fraction of sp³-hybridized carbons (Fsp3) is 0.0769. The van der Waals surface area contributed by atoms with Gasteiger partial charge in [0.25, 0.3) is 0 Å². The van der Waals surface area contributed by atoms with Gasteiger partial charge in [-0.1, -0.05) is 29.3 Å². The first-order valence-corrected chi connectivity index (χ1v) is 5.76. The molecule has 0 aliphatic heterocycles. The second-order valence-corrected chi connectivity index (χ2v) is 4.37. The van der Waals surface area contributed by atoms with Crippen LogP contribution in [0.15, 0.2) is 42.5 Å². The Morgan fingerprint density at radius 2 is 1.71 bits per heavy atom. The second kappa shape index (κ2) is 5.30. The highest BCUT2D eigenvalue weighted by Crippen LogP contribution is 2.24. The maximum absolute atomic E-state index is 9.43. The van der Waals surface area contributed by atoms with Crippen molar-refractivity contribution in [3.8, 4) is 11.5 Å². The smallest absolute Gasteiger partial charge is 0.134 e. The van der Waals surface area contributed by atoms with E-state index in [1.807, 2.05) is 0 Å². The van der Waals surface area contributed by atoms with Gasteiger partial charge in [0.2, 0.25) is 0 Å². The van der Waals surface area contributed by atoms with Crippen LogP contribution in [0, 0.1) is 0 Å². The molecule has 0 bridgehead atoms. The summed E-state index contributed by atoms with van der Waals surface area (Å²) in [7, 11) is 0. The number of hydrogen-bond acceptors (Lipinski definition) is 2. The number of benzene rings is 2. The maximum Gasteiger partial charge on any atom is 0.134 e. The summed E-state index contributed by atoms with van der Waals surface area (Å²) in [5, 5.41) is 10.4. The van der Waals surface area contributed by atoms with Gasteiger partial charge in [-0.2, -0.15) is 0 Å². The van der Waals surface area contributed by atoms with Crippen molar-refractivity contribution < 1.29 is 9.84 Å². The molecule has 0 aliphatic rings. The zero-order valence-electron chi connectivity index (χ0n) is 8.86. The summed E-state index contributed by atoms with van der Waals surface area (Å²) in [6.07, 6.45) is 0. The summed E-state index contributed by atoms with van der Waals surface area (Å²) < 4.78 is 5.53. The minimum absolute atomic E-state index is 0.0591. The minimum Gasteiger partial charge on any atom is -0.506 e. The summed E-state index contributed by atoms with van der Waals surface area (Å²) in [5.41, 5.74) is 0.849. The highest BCUT2D eigenvalue weighted by molar-refractivity contribution is 6.32. The van der Waals surface area contributed by atoms with Crippen LogP contribution >= 0.6 is 23.2 Å². The molecule has 0 heterocycles. The number of phenols is 1. The number of rotatable bonds is 3. The largest absolute Gasteiger partial charge is 0.506 e. The van der Waals surface area contributed by atoms with Crippen LogP contribution in [0.1, 0.15) is 5.56 Å². The first-order chi connectivity index (χ1) is 8.15. The van der Waals surface area contributed by atoms with Gasteiger partial charge in [0.1, 0.15) is 18.1 Å². The lowest BCUT2D eigenvalue weighted by Gasteiger charge is -2.07. The van der Waals surface area contributed by atoms with Crippen LogP contribution in [0.2, 0.25) is 10.0 Å². The van der Waals surface area contributed by atoms with Crippen LogP contribution in [0.4, 0.5) is 0 Å². The molecule has 17 heavy (non-hydrogen) atoms. The van der Waals surface area contributed by atoms with Gasteiger partial charge in [-0.15, -0.1) is 0 Å². The standard InChI is InChI=1S/C13H10Cl2O2/c14-10-2-4-11(5-3-10)17-8-9-1-6-12(15)13(16)7-9/h1-7,16H,8H2. The van der Waals surface area contributed by atoms with Crippen molar-refractivity contribution in [1.82, 2.24) is 0 Å². The van der Waals surface area contributed by atoms with Crippen molar-refractivity contribution in [2.75, 3.05) is 0 Å². The summed E-state index contributed by atoms with van der Waals surface area (Å²) in [6.45, 7) is 0.367. The van der Waals surface area contributed by atoms with Crippen LogP contribution in [-0.4, -0.2) is 5.11 Å². The molecule has 4 heteroatoms. The molecule has 0 spiro atoms. The number of aromatic hydroxyl groups is 1. The van der Waals surface area contributed by atoms with E-state index in [9.17, 15) is 5.11 Å². The van der Waals surface area contributed by atoms with Crippen LogP contribution in [0.25, 0.3) is 0 Å². The van der Waals surface area contributed by atoms with Crippen molar-refractivity contribution in [3.05, 3.63) is 58.1 Å². The third-order valence-electron chi connectivity index (χ3n) is 2.23.